The zero-order valence-electron chi connectivity index (χ0n) is 11.7. The van der Waals surface area contributed by atoms with Crippen LogP contribution >= 0.6 is 11.6 Å². The fraction of sp³-hybridized carbons (Fsp3) is 0.143. The Kier molecular flexibility index (Phi) is 7.30. The maximum atomic E-state index is 12.6. The molecule has 0 aliphatic rings. The van der Waals surface area contributed by atoms with Crippen molar-refractivity contribution in [2.75, 3.05) is 0 Å². The first-order valence-corrected chi connectivity index (χ1v) is 6.42. The summed E-state index contributed by atoms with van der Waals surface area (Å²) in [4.78, 5) is 0. The molecule has 2 rings (SSSR count). The first kappa shape index (κ1) is 19.1. The van der Waals surface area contributed by atoms with Crippen molar-refractivity contribution in [1.29, 1.82) is 0 Å². The summed E-state index contributed by atoms with van der Waals surface area (Å²) in [6, 6.07) is 10.7. The molecule has 2 aromatic rings. The summed E-state index contributed by atoms with van der Waals surface area (Å²) in [5, 5.41) is 0.570. The van der Waals surface area contributed by atoms with Crippen molar-refractivity contribution in [3.63, 3.8) is 0 Å². The second-order valence-corrected chi connectivity index (χ2v) is 4.89. The van der Waals surface area contributed by atoms with Gasteiger partial charge in [0.2, 0.25) is 0 Å². The summed E-state index contributed by atoms with van der Waals surface area (Å²) in [5.74, 6) is 0.425. The van der Waals surface area contributed by atoms with Gasteiger partial charge in [-0.15, -0.1) is 5.46 Å². The number of rotatable bonds is 4. The molecule has 1 nitrogen and oxygen atoms in total. The Morgan fingerprint density at radius 3 is 2.33 bits per heavy atom. The molecule has 0 fully saturated rings. The average molecular weight is 339 g/mol. The third-order valence-electron chi connectivity index (χ3n) is 2.92. The molecule has 21 heavy (non-hydrogen) atoms. The summed E-state index contributed by atoms with van der Waals surface area (Å²) in [5.41, 5.74) is 0.624. The quantitative estimate of drug-likeness (QED) is 0.763. The van der Waals surface area contributed by atoms with E-state index in [1.807, 2.05) is 12.1 Å². The van der Waals surface area contributed by atoms with E-state index in [9.17, 15) is 12.9 Å². The maximum Gasteiger partial charge on any atom is 1.00 e. The molecule has 0 unspecified atom stereocenters. The van der Waals surface area contributed by atoms with E-state index < -0.39 is 12.4 Å². The fourth-order valence-corrected chi connectivity index (χ4v) is 2.00. The van der Waals surface area contributed by atoms with Gasteiger partial charge in [-0.05, 0) is 24.6 Å². The molecule has 0 amide bonds. The van der Waals surface area contributed by atoms with E-state index in [-0.39, 0.29) is 58.0 Å². The standard InChI is InChI=1S/C14H12BClF3O.K/c1-10-8-12(15(17,18)19)6-7-14(10)20-9-11-4-2-3-5-13(11)16;/h2-8H,9H2,1H3;/q-1;+1. The van der Waals surface area contributed by atoms with E-state index >= 15 is 0 Å². The van der Waals surface area contributed by atoms with Crippen LogP contribution in [0.15, 0.2) is 42.5 Å². The summed E-state index contributed by atoms with van der Waals surface area (Å²) in [6.07, 6.45) is 0. The Morgan fingerprint density at radius 2 is 1.76 bits per heavy atom. The third-order valence-corrected chi connectivity index (χ3v) is 3.29. The molecule has 0 bridgehead atoms. The van der Waals surface area contributed by atoms with Crippen LogP contribution in [-0.2, 0) is 6.61 Å². The molecule has 0 aliphatic carbocycles. The molecule has 2 aromatic carbocycles. The van der Waals surface area contributed by atoms with Crippen LogP contribution in [0.1, 0.15) is 11.1 Å². The number of hydrogen-bond acceptors (Lipinski definition) is 1. The van der Waals surface area contributed by atoms with Gasteiger partial charge in [-0.1, -0.05) is 41.9 Å². The van der Waals surface area contributed by atoms with E-state index in [1.54, 1.807) is 19.1 Å². The zero-order valence-corrected chi connectivity index (χ0v) is 15.6. The molecule has 0 spiro atoms. The van der Waals surface area contributed by atoms with Crippen molar-refractivity contribution in [3.8, 4) is 5.75 Å². The second kappa shape index (κ2) is 8.04. The molecule has 0 heterocycles. The molecule has 0 aliphatic heterocycles. The van der Waals surface area contributed by atoms with Crippen molar-refractivity contribution in [2.45, 2.75) is 13.5 Å². The molecule has 0 aromatic heterocycles. The molecule has 0 atom stereocenters. The summed E-state index contributed by atoms with van der Waals surface area (Å²) in [6.45, 7) is -3.17. The Bertz CT molecular complexity index is 619. The Morgan fingerprint density at radius 1 is 1.10 bits per heavy atom. The minimum absolute atomic E-state index is 0. The second-order valence-electron chi connectivity index (χ2n) is 4.48. The first-order valence-electron chi connectivity index (χ1n) is 6.04. The van der Waals surface area contributed by atoms with Crippen LogP contribution in [0.4, 0.5) is 12.9 Å². The molecule has 0 radical (unpaired) electrons. The van der Waals surface area contributed by atoms with Gasteiger partial charge in [-0.2, -0.15) is 0 Å². The van der Waals surface area contributed by atoms with Crippen molar-refractivity contribution >= 4 is 24.0 Å². The number of ether oxygens (including phenoxy) is 1. The van der Waals surface area contributed by atoms with Gasteiger partial charge in [0.05, 0.1) is 0 Å². The van der Waals surface area contributed by atoms with Crippen molar-refractivity contribution in [1.82, 2.24) is 0 Å². The van der Waals surface area contributed by atoms with Crippen LogP contribution in [0.2, 0.25) is 5.02 Å². The Labute approximate surface area is 169 Å². The van der Waals surface area contributed by atoms with Crippen LogP contribution in [0.3, 0.4) is 0 Å². The van der Waals surface area contributed by atoms with Gasteiger partial charge in [-0.3, -0.25) is 0 Å². The van der Waals surface area contributed by atoms with E-state index in [4.69, 9.17) is 16.3 Å². The molecule has 7 heteroatoms. The van der Waals surface area contributed by atoms with Crippen LogP contribution in [-0.4, -0.2) is 6.98 Å². The van der Waals surface area contributed by atoms with Crippen molar-refractivity contribution in [2.24, 2.45) is 0 Å². The van der Waals surface area contributed by atoms with Gasteiger partial charge < -0.3 is 17.7 Å². The molecule has 0 saturated carbocycles. The minimum atomic E-state index is -4.98. The first-order chi connectivity index (χ1) is 9.38. The van der Waals surface area contributed by atoms with Crippen LogP contribution < -0.4 is 61.6 Å². The van der Waals surface area contributed by atoms with Crippen molar-refractivity contribution < 1.29 is 69.1 Å². The number of hydrogen-bond donors (Lipinski definition) is 0. The van der Waals surface area contributed by atoms with Crippen LogP contribution in [0.25, 0.3) is 0 Å². The summed E-state index contributed by atoms with van der Waals surface area (Å²) >= 11 is 5.99. The van der Waals surface area contributed by atoms with Gasteiger partial charge in [0, 0.05) is 10.6 Å². The number of aryl methyl sites for hydroxylation is 1. The smallest absolute Gasteiger partial charge is 0.489 e. The SMILES string of the molecule is Cc1cc([B-](F)(F)F)ccc1OCc1ccccc1Cl.[K+]. The molecular weight excluding hydrogens is 327 g/mol. The van der Waals surface area contributed by atoms with Crippen LogP contribution in [0.5, 0.6) is 5.75 Å². The molecular formula is C14H12BClF3KO. The van der Waals surface area contributed by atoms with Gasteiger partial charge >= 0.3 is 58.4 Å². The molecule has 106 valence electrons. The zero-order chi connectivity index (χ0) is 14.8. The van der Waals surface area contributed by atoms with E-state index in [1.165, 1.54) is 6.07 Å². The Balaban J connectivity index is 0.00000220. The minimum Gasteiger partial charge on any atom is -0.489 e. The largest absolute Gasteiger partial charge is 1.00 e. The van der Waals surface area contributed by atoms with E-state index in [0.717, 1.165) is 17.7 Å². The van der Waals surface area contributed by atoms with Crippen molar-refractivity contribution in [3.05, 3.63) is 58.6 Å². The normalized spacial score (nSPS) is 10.9. The molecule has 0 saturated heterocycles. The fourth-order valence-electron chi connectivity index (χ4n) is 1.81. The predicted molar refractivity (Wildman–Crippen MR) is 75.7 cm³/mol. The van der Waals surface area contributed by atoms with Gasteiger partial charge in [-0.25, -0.2) is 0 Å². The Hall–Kier alpha value is 0.0213. The third kappa shape index (κ3) is 5.30. The monoisotopic (exact) mass is 338 g/mol. The van der Waals surface area contributed by atoms with Crippen LogP contribution in [0, 0.1) is 6.92 Å². The predicted octanol–water partition coefficient (Wildman–Crippen LogP) is 1.29. The van der Waals surface area contributed by atoms with E-state index in [2.05, 4.69) is 0 Å². The summed E-state index contributed by atoms with van der Waals surface area (Å²) in [7, 11) is 0. The average Bonchev–Trinajstić information content (AvgIpc) is 2.38. The number of halogens is 4. The number of benzene rings is 2. The van der Waals surface area contributed by atoms with Gasteiger partial charge in [0.1, 0.15) is 12.4 Å². The van der Waals surface area contributed by atoms with Gasteiger partial charge in [0.15, 0.2) is 0 Å². The van der Waals surface area contributed by atoms with Gasteiger partial charge in [0.25, 0.3) is 0 Å². The maximum absolute atomic E-state index is 12.6. The summed E-state index contributed by atoms with van der Waals surface area (Å²) < 4.78 is 43.3. The topological polar surface area (TPSA) is 9.23 Å². The molecule has 0 N–H and O–H groups in total. The van der Waals surface area contributed by atoms with E-state index in [0.29, 0.717) is 16.3 Å².